The van der Waals surface area contributed by atoms with Crippen LogP contribution in [0, 0.1) is 0 Å². The van der Waals surface area contributed by atoms with Crippen molar-refractivity contribution in [3.63, 3.8) is 0 Å². The van der Waals surface area contributed by atoms with Gasteiger partial charge in [0, 0.05) is 51.6 Å². The van der Waals surface area contributed by atoms with Crippen molar-refractivity contribution in [1.29, 1.82) is 0 Å². The number of hydrogen-bond donors (Lipinski definition) is 4. The maximum absolute atomic E-state index is 12.9. The van der Waals surface area contributed by atoms with Gasteiger partial charge in [-0.3, -0.25) is 19.2 Å². The molecule has 4 heterocycles. The Morgan fingerprint density at radius 2 is 0.982 bits per heavy atom. The number of carbonyl (C=O) groups is 4. The van der Waals surface area contributed by atoms with Crippen LogP contribution in [0.5, 0.6) is 28.7 Å². The number of furan rings is 3. The van der Waals surface area contributed by atoms with Gasteiger partial charge in [-0.1, -0.05) is 0 Å². The lowest BCUT2D eigenvalue weighted by molar-refractivity contribution is 0.100. The quantitative estimate of drug-likeness (QED) is 0.113. The number of phenolic OH excluding ortho intramolecular Hbond substituents is 4. The number of rotatable bonds is 7. The van der Waals surface area contributed by atoms with Crippen molar-refractivity contribution in [1.82, 2.24) is 0 Å². The van der Waals surface area contributed by atoms with Crippen LogP contribution in [0.4, 0.5) is 0 Å². The third-order valence-corrected chi connectivity index (χ3v) is 11.1. The zero-order valence-electron chi connectivity index (χ0n) is 30.4. The van der Waals surface area contributed by atoms with Crippen molar-refractivity contribution in [3.8, 4) is 28.7 Å². The van der Waals surface area contributed by atoms with Gasteiger partial charge in [-0.05, 0) is 83.0 Å². The van der Waals surface area contributed by atoms with Crippen molar-refractivity contribution in [3.05, 3.63) is 118 Å². The fraction of sp³-hybridized carbons (Fsp3) is 0.182. The van der Waals surface area contributed by atoms with Crippen LogP contribution in [0.1, 0.15) is 111 Å². The van der Waals surface area contributed by atoms with Crippen molar-refractivity contribution in [2.45, 2.75) is 51.9 Å². The summed E-state index contributed by atoms with van der Waals surface area (Å²) in [5.41, 5.74) is 1.07. The number of fused-ring (bicyclic) bond motifs is 6. The maximum atomic E-state index is 12.9. The minimum Gasteiger partial charge on any atom is -0.507 e. The molecule has 56 heavy (non-hydrogen) atoms. The molecule has 280 valence electrons. The van der Waals surface area contributed by atoms with Crippen LogP contribution < -0.4 is 4.74 Å². The molecular formula is C44H32O12. The van der Waals surface area contributed by atoms with Gasteiger partial charge in [0.2, 0.25) is 0 Å². The molecule has 0 saturated carbocycles. The van der Waals surface area contributed by atoms with E-state index < -0.39 is 17.1 Å². The van der Waals surface area contributed by atoms with Gasteiger partial charge >= 0.3 is 0 Å². The molecule has 0 saturated heterocycles. The molecule has 7 aromatic rings. The van der Waals surface area contributed by atoms with E-state index in [0.717, 1.165) is 0 Å². The normalized spacial score (nSPS) is 16.0. The number of aromatic hydroxyl groups is 4. The van der Waals surface area contributed by atoms with Crippen LogP contribution in [-0.2, 0) is 5.41 Å². The molecular weight excluding hydrogens is 720 g/mol. The molecule has 1 aliphatic carbocycles. The van der Waals surface area contributed by atoms with E-state index in [1.54, 1.807) is 42.5 Å². The van der Waals surface area contributed by atoms with Gasteiger partial charge in [0.15, 0.2) is 23.1 Å². The third kappa shape index (κ3) is 4.98. The van der Waals surface area contributed by atoms with Gasteiger partial charge in [-0.2, -0.15) is 0 Å². The van der Waals surface area contributed by atoms with Gasteiger partial charge in [0.05, 0.1) is 28.2 Å². The molecule has 0 fully saturated rings. The molecule has 0 bridgehead atoms. The Labute approximate surface area is 316 Å². The second kappa shape index (κ2) is 12.0. The van der Waals surface area contributed by atoms with Crippen molar-refractivity contribution < 1.29 is 57.6 Å². The predicted molar refractivity (Wildman–Crippen MR) is 202 cm³/mol. The highest BCUT2D eigenvalue weighted by molar-refractivity contribution is 6.03. The Hall–Kier alpha value is -7.08. The second-order valence-corrected chi connectivity index (χ2v) is 14.5. The molecule has 1 aliphatic heterocycles. The van der Waals surface area contributed by atoms with Crippen LogP contribution in [0.2, 0.25) is 0 Å². The van der Waals surface area contributed by atoms with E-state index in [4.69, 9.17) is 18.0 Å². The van der Waals surface area contributed by atoms with Gasteiger partial charge in [-0.25, -0.2) is 0 Å². The smallest absolute Gasteiger partial charge is 0.163 e. The fourth-order valence-electron chi connectivity index (χ4n) is 8.38. The minimum atomic E-state index is -1.31. The fourth-order valence-corrected chi connectivity index (χ4v) is 8.38. The van der Waals surface area contributed by atoms with Crippen LogP contribution in [0.15, 0.2) is 85.7 Å². The van der Waals surface area contributed by atoms with Crippen LogP contribution in [0.25, 0.3) is 38.5 Å². The zero-order chi connectivity index (χ0) is 39.5. The number of allylic oxidation sites excluding steroid dienone is 2. The molecule has 3 aromatic heterocycles. The first kappa shape index (κ1) is 34.7. The number of phenols is 4. The maximum Gasteiger partial charge on any atom is 0.163 e. The molecule has 0 amide bonds. The zero-order valence-corrected chi connectivity index (χ0v) is 30.4. The summed E-state index contributed by atoms with van der Waals surface area (Å²) in [6, 6.07) is 17.0. The summed E-state index contributed by atoms with van der Waals surface area (Å²) in [7, 11) is 0. The summed E-state index contributed by atoms with van der Waals surface area (Å²) >= 11 is 0. The third-order valence-electron chi connectivity index (χ3n) is 11.1. The number of ether oxygens (including phenoxy) is 1. The summed E-state index contributed by atoms with van der Waals surface area (Å²) in [5, 5.41) is 44.7. The van der Waals surface area contributed by atoms with Gasteiger partial charge in [-0.15, -0.1) is 0 Å². The Kier molecular flexibility index (Phi) is 7.40. The van der Waals surface area contributed by atoms with Crippen molar-refractivity contribution >= 4 is 61.6 Å². The summed E-state index contributed by atoms with van der Waals surface area (Å²) in [5.74, 6) is -1.58. The highest BCUT2D eigenvalue weighted by Gasteiger charge is 2.57. The number of benzene rings is 4. The Balaban J connectivity index is 1.36. The van der Waals surface area contributed by atoms with Gasteiger partial charge in [0.25, 0.3) is 0 Å². The largest absolute Gasteiger partial charge is 0.507 e. The Bertz CT molecular complexity index is 2870. The molecule has 9 rings (SSSR count). The molecule has 1 atom stereocenters. The minimum absolute atomic E-state index is 0.0480. The number of ketones is 4. The molecule has 0 spiro atoms. The first-order valence-corrected chi connectivity index (χ1v) is 17.8. The van der Waals surface area contributed by atoms with Crippen molar-refractivity contribution in [2.75, 3.05) is 0 Å². The summed E-state index contributed by atoms with van der Waals surface area (Å²) in [6.07, 6.45) is 0.506. The van der Waals surface area contributed by atoms with E-state index >= 15 is 0 Å². The summed E-state index contributed by atoms with van der Waals surface area (Å²) in [6.45, 7) is 5.38. The second-order valence-electron chi connectivity index (χ2n) is 14.5. The molecule has 0 radical (unpaired) electrons. The number of carbonyl (C=O) groups excluding carboxylic acids is 4. The highest BCUT2D eigenvalue weighted by Crippen LogP contribution is 2.63. The Morgan fingerprint density at radius 3 is 1.46 bits per heavy atom. The monoisotopic (exact) mass is 752 g/mol. The van der Waals surface area contributed by atoms with Gasteiger partial charge < -0.3 is 38.4 Å². The molecule has 0 unspecified atom stereocenters. The van der Waals surface area contributed by atoms with Crippen molar-refractivity contribution in [2.24, 2.45) is 0 Å². The average Bonchev–Trinajstić information content (AvgIpc) is 3.92. The van der Waals surface area contributed by atoms with Crippen LogP contribution in [0.3, 0.4) is 0 Å². The summed E-state index contributed by atoms with van der Waals surface area (Å²) < 4.78 is 26.2. The van der Waals surface area contributed by atoms with Crippen LogP contribution in [-0.4, -0.2) is 43.6 Å². The lowest BCUT2D eigenvalue weighted by atomic mass is 9.61. The molecule has 12 nitrogen and oxygen atoms in total. The number of Topliss-reactive ketones (excluding diaryl/α,β-unsaturated/α-hetero) is 4. The molecule has 4 N–H and O–H groups in total. The van der Waals surface area contributed by atoms with E-state index in [0.29, 0.717) is 55.9 Å². The molecule has 12 heteroatoms. The SMILES string of the molecule is CC(=O)c1cc2c(cc1O)OC1=C(c3cc4cc(C(C)=O)c(O)cc4o3)CCC(c3cc4cc(C(C)=O)c(O)cc4o3)(c3cc4cc(C(C)=O)c(O)cc4o3)[C@H]12. The van der Waals surface area contributed by atoms with E-state index in [9.17, 15) is 39.6 Å². The lowest BCUT2D eigenvalue weighted by Crippen LogP contribution is -2.37. The Morgan fingerprint density at radius 1 is 0.554 bits per heavy atom. The topological polar surface area (TPSA) is 198 Å². The van der Waals surface area contributed by atoms with E-state index in [1.807, 2.05) is 0 Å². The van der Waals surface area contributed by atoms with E-state index in [2.05, 4.69) is 0 Å². The van der Waals surface area contributed by atoms with Crippen LogP contribution >= 0.6 is 0 Å². The predicted octanol–water partition coefficient (Wildman–Crippen LogP) is 9.23. The molecule has 4 aromatic carbocycles. The van der Waals surface area contributed by atoms with E-state index in [-0.39, 0.29) is 92.4 Å². The molecule has 2 aliphatic rings. The first-order chi connectivity index (χ1) is 26.6. The first-order valence-electron chi connectivity index (χ1n) is 17.8. The standard InChI is InChI=1S/C44H32O12/c1-18(45)26-7-22-10-38(53-35(22)14-31(26)49)25-5-6-44(40-11-23-8-27(19(2)46)32(50)15-36(23)54-40,41-12-24-9-28(20(3)47)33(51)16-37(24)55-41)42-30-13-29(21(4)48)34(52)17-39(30)56-43(25)42/h7-17,42,49-52H,5-6H2,1-4H3/t42-/m0/s1. The lowest BCUT2D eigenvalue weighted by Gasteiger charge is -2.39. The average molecular weight is 753 g/mol. The highest BCUT2D eigenvalue weighted by atomic mass is 16.5. The van der Waals surface area contributed by atoms with Gasteiger partial charge in [0.1, 0.15) is 74.0 Å². The summed E-state index contributed by atoms with van der Waals surface area (Å²) in [4.78, 5) is 50.0. The number of hydrogen-bond acceptors (Lipinski definition) is 12. The van der Waals surface area contributed by atoms with E-state index in [1.165, 1.54) is 52.0 Å².